The first kappa shape index (κ1) is 14.0. The maximum absolute atomic E-state index is 4.88. The highest BCUT2D eigenvalue weighted by Gasteiger charge is 2.22. The van der Waals surface area contributed by atoms with Crippen LogP contribution in [0.1, 0.15) is 72.9 Å². The quantitative estimate of drug-likeness (QED) is 0.863. The maximum atomic E-state index is 4.88. The lowest BCUT2D eigenvalue weighted by atomic mass is 9.90. The van der Waals surface area contributed by atoms with Gasteiger partial charge >= 0.3 is 0 Å². The van der Waals surface area contributed by atoms with Crippen molar-refractivity contribution in [2.45, 2.75) is 64.2 Å². The molecule has 1 fully saturated rings. The largest absolute Gasteiger partial charge is 0.319 e. The molecule has 0 bridgehead atoms. The van der Waals surface area contributed by atoms with E-state index in [1.165, 1.54) is 54.1 Å². The van der Waals surface area contributed by atoms with Crippen LogP contribution >= 0.6 is 11.3 Å². The van der Waals surface area contributed by atoms with Crippen molar-refractivity contribution in [2.75, 3.05) is 13.6 Å². The Balaban J connectivity index is 2.14. The zero-order valence-corrected chi connectivity index (χ0v) is 12.8. The molecule has 0 radical (unpaired) electrons. The molecule has 2 nitrogen and oxygen atoms in total. The standard InChI is InChI=1S/C15H26N2S/c1-4-12(10-16-3)14-11(2)17-15(18-14)13-8-6-5-7-9-13/h12-13,16H,4-10H2,1-3H3. The average Bonchev–Trinajstić information content (AvgIpc) is 2.79. The Morgan fingerprint density at radius 1 is 1.33 bits per heavy atom. The molecule has 1 aliphatic carbocycles. The Morgan fingerprint density at radius 2 is 2.06 bits per heavy atom. The summed E-state index contributed by atoms with van der Waals surface area (Å²) in [5.41, 5.74) is 1.28. The topological polar surface area (TPSA) is 24.9 Å². The first-order chi connectivity index (χ1) is 8.76. The van der Waals surface area contributed by atoms with E-state index >= 15 is 0 Å². The minimum Gasteiger partial charge on any atom is -0.319 e. The van der Waals surface area contributed by atoms with Gasteiger partial charge in [0.1, 0.15) is 0 Å². The van der Waals surface area contributed by atoms with Crippen LogP contribution in [-0.2, 0) is 0 Å². The van der Waals surface area contributed by atoms with Gasteiger partial charge in [-0.1, -0.05) is 26.2 Å². The first-order valence-electron chi connectivity index (χ1n) is 7.38. The number of hydrogen-bond donors (Lipinski definition) is 1. The predicted molar refractivity (Wildman–Crippen MR) is 79.6 cm³/mol. The molecule has 1 aromatic rings. The Bertz CT molecular complexity index is 367. The zero-order valence-electron chi connectivity index (χ0n) is 12.0. The molecule has 1 saturated carbocycles. The molecule has 2 rings (SSSR count). The fourth-order valence-corrected chi connectivity index (χ4v) is 4.42. The Morgan fingerprint density at radius 3 is 2.67 bits per heavy atom. The van der Waals surface area contributed by atoms with Gasteiger partial charge in [-0.2, -0.15) is 0 Å². The van der Waals surface area contributed by atoms with Gasteiger partial charge < -0.3 is 5.32 Å². The summed E-state index contributed by atoms with van der Waals surface area (Å²) in [6.07, 6.45) is 8.13. The third kappa shape index (κ3) is 3.12. The lowest BCUT2D eigenvalue weighted by molar-refractivity contribution is 0.442. The van der Waals surface area contributed by atoms with Crippen LogP contribution in [0, 0.1) is 6.92 Å². The Labute approximate surface area is 115 Å². The second kappa shape index (κ2) is 6.67. The zero-order chi connectivity index (χ0) is 13.0. The number of thiazole rings is 1. The van der Waals surface area contributed by atoms with Gasteiger partial charge in [-0.3, -0.25) is 0 Å². The van der Waals surface area contributed by atoms with Gasteiger partial charge in [0.25, 0.3) is 0 Å². The normalized spacial score (nSPS) is 19.1. The van der Waals surface area contributed by atoms with Gasteiger partial charge in [0.2, 0.25) is 0 Å². The minimum absolute atomic E-state index is 0.643. The molecule has 1 atom stereocenters. The van der Waals surface area contributed by atoms with Gasteiger partial charge in [-0.25, -0.2) is 4.98 Å². The van der Waals surface area contributed by atoms with Crippen molar-refractivity contribution in [2.24, 2.45) is 0 Å². The lowest BCUT2D eigenvalue weighted by Gasteiger charge is -2.19. The van der Waals surface area contributed by atoms with E-state index in [1.807, 2.05) is 18.4 Å². The molecule has 0 aromatic carbocycles. The summed E-state index contributed by atoms with van der Waals surface area (Å²) in [5, 5.41) is 4.73. The van der Waals surface area contributed by atoms with E-state index in [9.17, 15) is 0 Å². The number of rotatable bonds is 5. The Hall–Kier alpha value is -0.410. The van der Waals surface area contributed by atoms with Gasteiger partial charge in [0.15, 0.2) is 0 Å². The molecule has 1 heterocycles. The highest BCUT2D eigenvalue weighted by atomic mass is 32.1. The smallest absolute Gasteiger partial charge is 0.0961 e. The third-order valence-electron chi connectivity index (χ3n) is 4.12. The lowest BCUT2D eigenvalue weighted by Crippen LogP contribution is -2.16. The molecule has 1 unspecified atom stereocenters. The molecule has 0 aliphatic heterocycles. The maximum Gasteiger partial charge on any atom is 0.0961 e. The van der Waals surface area contributed by atoms with Gasteiger partial charge in [-0.15, -0.1) is 11.3 Å². The SMILES string of the molecule is CCC(CNC)c1sc(C2CCCCC2)nc1C. The molecule has 3 heteroatoms. The molecule has 0 saturated heterocycles. The molecular weight excluding hydrogens is 240 g/mol. The summed E-state index contributed by atoms with van der Waals surface area (Å²) < 4.78 is 0. The van der Waals surface area contributed by atoms with Crippen LogP contribution in [0.25, 0.3) is 0 Å². The van der Waals surface area contributed by atoms with Crippen molar-refractivity contribution in [3.05, 3.63) is 15.6 Å². The molecule has 0 amide bonds. The van der Waals surface area contributed by atoms with E-state index in [4.69, 9.17) is 4.98 Å². The van der Waals surface area contributed by atoms with Crippen LogP contribution in [0.3, 0.4) is 0 Å². The van der Waals surface area contributed by atoms with E-state index in [-0.39, 0.29) is 0 Å². The molecule has 0 spiro atoms. The van der Waals surface area contributed by atoms with Crippen molar-refractivity contribution in [1.29, 1.82) is 0 Å². The number of nitrogens with zero attached hydrogens (tertiary/aromatic N) is 1. The van der Waals surface area contributed by atoms with E-state index in [0.29, 0.717) is 5.92 Å². The van der Waals surface area contributed by atoms with Crippen LogP contribution in [0.2, 0.25) is 0 Å². The van der Waals surface area contributed by atoms with E-state index in [1.54, 1.807) is 0 Å². The monoisotopic (exact) mass is 266 g/mol. The van der Waals surface area contributed by atoms with Crippen LogP contribution in [-0.4, -0.2) is 18.6 Å². The molecule has 1 aromatic heterocycles. The number of nitrogens with one attached hydrogen (secondary N) is 1. The number of aryl methyl sites for hydroxylation is 1. The van der Waals surface area contributed by atoms with Crippen LogP contribution in [0.4, 0.5) is 0 Å². The van der Waals surface area contributed by atoms with Crippen molar-refractivity contribution in [3.8, 4) is 0 Å². The van der Waals surface area contributed by atoms with E-state index < -0.39 is 0 Å². The van der Waals surface area contributed by atoms with Crippen LogP contribution in [0.15, 0.2) is 0 Å². The van der Waals surface area contributed by atoms with Gasteiger partial charge in [0, 0.05) is 23.3 Å². The fourth-order valence-electron chi connectivity index (χ4n) is 3.00. The minimum atomic E-state index is 0.643. The summed E-state index contributed by atoms with van der Waals surface area (Å²) in [5.74, 6) is 1.40. The number of likely N-dealkylation sites (N-methyl/N-ethyl adjacent to an activating group) is 1. The summed E-state index contributed by atoms with van der Waals surface area (Å²) in [7, 11) is 2.04. The van der Waals surface area contributed by atoms with E-state index in [2.05, 4.69) is 19.2 Å². The molecule has 102 valence electrons. The number of aromatic nitrogens is 1. The second-order valence-electron chi connectivity index (χ2n) is 5.50. The second-order valence-corrected chi connectivity index (χ2v) is 6.56. The van der Waals surface area contributed by atoms with Gasteiger partial charge in [0.05, 0.1) is 10.7 Å². The molecule has 1 aliphatic rings. The third-order valence-corrected chi connectivity index (χ3v) is 5.60. The fraction of sp³-hybridized carbons (Fsp3) is 0.800. The van der Waals surface area contributed by atoms with Crippen molar-refractivity contribution >= 4 is 11.3 Å². The van der Waals surface area contributed by atoms with Gasteiger partial charge in [-0.05, 0) is 33.2 Å². The van der Waals surface area contributed by atoms with Crippen LogP contribution < -0.4 is 5.32 Å². The molecular formula is C15H26N2S. The number of hydrogen-bond acceptors (Lipinski definition) is 3. The first-order valence-corrected chi connectivity index (χ1v) is 8.19. The predicted octanol–water partition coefficient (Wildman–Crippen LogP) is 4.21. The van der Waals surface area contributed by atoms with Crippen molar-refractivity contribution < 1.29 is 0 Å². The molecule has 18 heavy (non-hydrogen) atoms. The van der Waals surface area contributed by atoms with Crippen LogP contribution in [0.5, 0.6) is 0 Å². The summed E-state index contributed by atoms with van der Waals surface area (Å²) in [6, 6.07) is 0. The van der Waals surface area contributed by atoms with Crippen molar-refractivity contribution in [3.63, 3.8) is 0 Å². The summed E-state index contributed by atoms with van der Waals surface area (Å²) in [6.45, 7) is 5.54. The highest BCUT2D eigenvalue weighted by Crippen LogP contribution is 2.38. The average molecular weight is 266 g/mol. The highest BCUT2D eigenvalue weighted by molar-refractivity contribution is 7.12. The summed E-state index contributed by atoms with van der Waals surface area (Å²) in [4.78, 5) is 6.40. The Kier molecular flexibility index (Phi) is 5.19. The molecule has 1 N–H and O–H groups in total. The summed E-state index contributed by atoms with van der Waals surface area (Å²) >= 11 is 1.99. The van der Waals surface area contributed by atoms with Crippen molar-refractivity contribution in [1.82, 2.24) is 10.3 Å². The van der Waals surface area contributed by atoms with E-state index in [0.717, 1.165) is 12.5 Å².